The number of carbonyl (C=O) groups excluding carboxylic acids is 1. The molecule has 0 aliphatic carbocycles. The maximum absolute atomic E-state index is 11.8. The molecule has 0 bridgehead atoms. The summed E-state index contributed by atoms with van der Waals surface area (Å²) in [5, 5.41) is 0. The minimum Gasteiger partial charge on any atom is -0.463 e. The summed E-state index contributed by atoms with van der Waals surface area (Å²) >= 11 is 0. The Morgan fingerprint density at radius 1 is 0.327 bits per heavy atom. The van der Waals surface area contributed by atoms with E-state index < -0.39 is 0 Å². The smallest absolute Gasteiger partial charge is 0.305 e. The Balaban J connectivity index is 3.11. The summed E-state index contributed by atoms with van der Waals surface area (Å²) < 4.78 is 71.0. The zero-order valence-electron chi connectivity index (χ0n) is 35.1. The standard InChI is InChI=1S/C40H81NO14/c1-4-5-6-7-8-9-10-11-12-13-40(42)55-39-38-54-37-36-53-35-34-52-33-32-51-31-30-50-29-28-49-27-26-48-25-24-47-23-22-46-21-20-45-19-18-44-17-16-43-15-14-41(2)3/h4-39H2,1-3H3. The maximum Gasteiger partial charge on any atom is 0.305 e. The van der Waals surface area contributed by atoms with Gasteiger partial charge in [0.15, 0.2) is 0 Å². The van der Waals surface area contributed by atoms with Crippen LogP contribution in [0.4, 0.5) is 0 Å². The predicted octanol–water partition coefficient (Wildman–Crippen LogP) is 4.21. The van der Waals surface area contributed by atoms with Gasteiger partial charge in [-0.2, -0.15) is 0 Å². The van der Waals surface area contributed by atoms with Crippen molar-refractivity contribution in [3.05, 3.63) is 0 Å². The van der Waals surface area contributed by atoms with Crippen molar-refractivity contribution < 1.29 is 66.4 Å². The van der Waals surface area contributed by atoms with Crippen LogP contribution in [-0.4, -0.2) is 197 Å². The summed E-state index contributed by atoms with van der Waals surface area (Å²) in [6, 6.07) is 0. The van der Waals surface area contributed by atoms with Gasteiger partial charge in [-0.05, 0) is 20.5 Å². The Morgan fingerprint density at radius 3 is 0.836 bits per heavy atom. The Labute approximate surface area is 333 Å². The van der Waals surface area contributed by atoms with Gasteiger partial charge in [-0.3, -0.25) is 4.79 Å². The van der Waals surface area contributed by atoms with E-state index in [0.717, 1.165) is 19.4 Å². The van der Waals surface area contributed by atoms with E-state index in [9.17, 15) is 4.79 Å². The molecule has 15 heteroatoms. The van der Waals surface area contributed by atoms with Crippen LogP contribution in [0.15, 0.2) is 0 Å². The molecule has 0 saturated heterocycles. The number of esters is 1. The minimum atomic E-state index is -0.137. The van der Waals surface area contributed by atoms with Gasteiger partial charge < -0.3 is 66.5 Å². The van der Waals surface area contributed by atoms with Crippen LogP contribution in [0.25, 0.3) is 0 Å². The lowest BCUT2D eigenvalue weighted by molar-refractivity contribution is -0.145. The highest BCUT2D eigenvalue weighted by molar-refractivity contribution is 5.69. The van der Waals surface area contributed by atoms with Crippen LogP contribution in [0.3, 0.4) is 0 Å². The van der Waals surface area contributed by atoms with Crippen LogP contribution in [0, 0.1) is 0 Å². The molecule has 0 N–H and O–H groups in total. The normalized spacial score (nSPS) is 11.6. The average Bonchev–Trinajstić information content (AvgIpc) is 3.18. The molecule has 0 fully saturated rings. The van der Waals surface area contributed by atoms with E-state index in [4.69, 9.17) is 61.6 Å². The first-order chi connectivity index (χ1) is 27.2. The average molecular weight is 800 g/mol. The molecule has 330 valence electrons. The molecule has 0 aromatic heterocycles. The maximum atomic E-state index is 11.8. The summed E-state index contributed by atoms with van der Waals surface area (Å²) in [7, 11) is 4.04. The van der Waals surface area contributed by atoms with Gasteiger partial charge in [0, 0.05) is 13.0 Å². The summed E-state index contributed by atoms with van der Waals surface area (Å²) in [5.41, 5.74) is 0. The number of likely N-dealkylation sites (N-methyl/N-ethyl adjacent to an activating group) is 1. The van der Waals surface area contributed by atoms with Crippen LogP contribution in [0.1, 0.15) is 71.1 Å². The van der Waals surface area contributed by atoms with Gasteiger partial charge in [0.2, 0.25) is 0 Å². The van der Waals surface area contributed by atoms with Gasteiger partial charge in [-0.1, -0.05) is 58.3 Å². The molecule has 15 nitrogen and oxygen atoms in total. The molecule has 0 heterocycles. The van der Waals surface area contributed by atoms with Gasteiger partial charge in [0.1, 0.15) is 6.61 Å². The molecule has 0 rings (SSSR count). The first kappa shape index (κ1) is 53.9. The number of rotatable bonds is 49. The lowest BCUT2D eigenvalue weighted by Gasteiger charge is -2.10. The zero-order valence-corrected chi connectivity index (χ0v) is 35.1. The van der Waals surface area contributed by atoms with E-state index >= 15 is 0 Å². The van der Waals surface area contributed by atoms with Crippen molar-refractivity contribution in [2.45, 2.75) is 71.1 Å². The second-order valence-electron chi connectivity index (χ2n) is 13.0. The van der Waals surface area contributed by atoms with E-state index in [1.54, 1.807) is 0 Å². The highest BCUT2D eigenvalue weighted by Gasteiger charge is 2.03. The third-order valence-electron chi connectivity index (χ3n) is 7.75. The molecule has 0 aromatic carbocycles. The van der Waals surface area contributed by atoms with Crippen molar-refractivity contribution in [2.75, 3.05) is 186 Å². The molecule has 0 aliphatic rings. The quantitative estimate of drug-likeness (QED) is 0.0641. The largest absolute Gasteiger partial charge is 0.463 e. The molecular formula is C40H81NO14. The first-order valence-corrected chi connectivity index (χ1v) is 20.9. The molecule has 0 atom stereocenters. The monoisotopic (exact) mass is 800 g/mol. The summed E-state index contributed by atoms with van der Waals surface area (Å²) in [4.78, 5) is 13.9. The first-order valence-electron chi connectivity index (χ1n) is 20.9. The van der Waals surface area contributed by atoms with Crippen LogP contribution in [0.2, 0.25) is 0 Å². The van der Waals surface area contributed by atoms with Gasteiger partial charge in [0.05, 0.1) is 159 Å². The summed E-state index contributed by atoms with van der Waals surface area (Å²) in [6.07, 6.45) is 11.6. The summed E-state index contributed by atoms with van der Waals surface area (Å²) in [5.74, 6) is -0.137. The fourth-order valence-corrected chi connectivity index (χ4v) is 4.63. The fraction of sp³-hybridized carbons (Fsp3) is 0.975. The van der Waals surface area contributed by atoms with Crippen LogP contribution >= 0.6 is 0 Å². The fourth-order valence-electron chi connectivity index (χ4n) is 4.63. The molecule has 0 aliphatic heterocycles. The van der Waals surface area contributed by atoms with Crippen molar-refractivity contribution in [3.8, 4) is 0 Å². The lowest BCUT2D eigenvalue weighted by Crippen LogP contribution is -2.19. The van der Waals surface area contributed by atoms with E-state index in [2.05, 4.69) is 11.8 Å². The molecular weight excluding hydrogens is 718 g/mol. The van der Waals surface area contributed by atoms with Crippen molar-refractivity contribution in [1.82, 2.24) is 4.90 Å². The van der Waals surface area contributed by atoms with Gasteiger partial charge in [-0.25, -0.2) is 0 Å². The summed E-state index contributed by atoms with van der Waals surface area (Å²) in [6.45, 7) is 15.8. The predicted molar refractivity (Wildman–Crippen MR) is 211 cm³/mol. The second kappa shape index (κ2) is 49.1. The van der Waals surface area contributed by atoms with Crippen molar-refractivity contribution in [2.24, 2.45) is 0 Å². The molecule has 0 radical (unpaired) electrons. The van der Waals surface area contributed by atoms with Crippen molar-refractivity contribution in [1.29, 1.82) is 0 Å². The number of unbranched alkanes of at least 4 members (excludes halogenated alkanes) is 8. The number of hydrogen-bond acceptors (Lipinski definition) is 15. The lowest BCUT2D eigenvalue weighted by atomic mass is 10.1. The number of ether oxygens (including phenoxy) is 13. The third-order valence-corrected chi connectivity index (χ3v) is 7.75. The van der Waals surface area contributed by atoms with E-state index in [0.29, 0.717) is 165 Å². The molecule has 0 saturated carbocycles. The Bertz CT molecular complexity index is 725. The molecule has 0 unspecified atom stereocenters. The van der Waals surface area contributed by atoms with E-state index in [1.807, 2.05) is 14.1 Å². The van der Waals surface area contributed by atoms with Gasteiger partial charge in [0.25, 0.3) is 0 Å². The van der Waals surface area contributed by atoms with Gasteiger partial charge >= 0.3 is 5.97 Å². The van der Waals surface area contributed by atoms with Crippen LogP contribution < -0.4 is 0 Å². The van der Waals surface area contributed by atoms with Crippen LogP contribution in [-0.2, 0) is 66.4 Å². The van der Waals surface area contributed by atoms with E-state index in [-0.39, 0.29) is 12.6 Å². The van der Waals surface area contributed by atoms with Crippen LogP contribution in [0.5, 0.6) is 0 Å². The van der Waals surface area contributed by atoms with Gasteiger partial charge in [-0.15, -0.1) is 0 Å². The molecule has 55 heavy (non-hydrogen) atoms. The van der Waals surface area contributed by atoms with E-state index in [1.165, 1.54) is 44.9 Å². The minimum absolute atomic E-state index is 0.137. The second-order valence-corrected chi connectivity index (χ2v) is 13.0. The number of hydrogen-bond donors (Lipinski definition) is 0. The molecule has 0 aromatic rings. The van der Waals surface area contributed by atoms with Crippen molar-refractivity contribution in [3.63, 3.8) is 0 Å². The number of nitrogens with zero attached hydrogens (tertiary/aromatic N) is 1. The topological polar surface area (TPSA) is 140 Å². The molecule has 0 amide bonds. The Hall–Kier alpha value is -1.05. The number of carbonyl (C=O) groups is 1. The zero-order chi connectivity index (χ0) is 39.8. The Kier molecular flexibility index (Phi) is 48.2. The van der Waals surface area contributed by atoms with Crippen molar-refractivity contribution >= 4 is 5.97 Å². The SMILES string of the molecule is CCCCCCCCCCCC(=O)OCCOCCOCCOCCOCCOCCOCCOCCOCCOCCOCCOCCOCCN(C)C. The molecule has 0 spiro atoms. The third kappa shape index (κ3) is 50.9. The highest BCUT2D eigenvalue weighted by atomic mass is 16.6. The Morgan fingerprint density at radius 2 is 0.564 bits per heavy atom. The highest BCUT2D eigenvalue weighted by Crippen LogP contribution is 2.10.